The number of rotatable bonds is 5. The van der Waals surface area contributed by atoms with Gasteiger partial charge in [0.05, 0.1) is 17.1 Å². The van der Waals surface area contributed by atoms with Gasteiger partial charge in [-0.05, 0) is 38.0 Å². The van der Waals surface area contributed by atoms with Crippen LogP contribution in [0.5, 0.6) is 0 Å². The average Bonchev–Trinajstić information content (AvgIpc) is 3.22. The molecule has 33 heavy (non-hydrogen) atoms. The Morgan fingerprint density at radius 1 is 1.09 bits per heavy atom. The number of nitrogens with zero attached hydrogens (tertiary/aromatic N) is 4. The van der Waals surface area contributed by atoms with Crippen molar-refractivity contribution in [3.05, 3.63) is 76.5 Å². The van der Waals surface area contributed by atoms with Crippen molar-refractivity contribution >= 4 is 34.0 Å². The number of carboxylic acid groups (broad SMARTS) is 1. The smallest absolute Gasteiger partial charge is 0.326 e. The van der Waals surface area contributed by atoms with E-state index >= 15 is 0 Å². The van der Waals surface area contributed by atoms with Crippen LogP contribution >= 0.6 is 0 Å². The van der Waals surface area contributed by atoms with Crippen molar-refractivity contribution in [2.75, 3.05) is 0 Å². The van der Waals surface area contributed by atoms with E-state index in [0.717, 1.165) is 42.1 Å². The Labute approximate surface area is 191 Å². The Bertz CT molecular complexity index is 1430. The molecule has 1 saturated carbocycles. The van der Waals surface area contributed by atoms with E-state index in [9.17, 15) is 14.7 Å². The highest BCUT2D eigenvalue weighted by atomic mass is 16.4. The molecule has 7 heteroatoms. The highest BCUT2D eigenvalue weighted by molar-refractivity contribution is 6.00. The Balaban J connectivity index is 1.66. The predicted molar refractivity (Wildman–Crippen MR) is 129 cm³/mol. The summed E-state index contributed by atoms with van der Waals surface area (Å²) in [6, 6.07) is 14.3. The van der Waals surface area contributed by atoms with Crippen LogP contribution in [0.1, 0.15) is 62.4 Å². The van der Waals surface area contributed by atoms with Gasteiger partial charge < -0.3 is 9.67 Å². The predicted octanol–water partition coefficient (Wildman–Crippen LogP) is 4.93. The first-order valence-electron chi connectivity index (χ1n) is 11.4. The lowest BCUT2D eigenvalue weighted by atomic mass is 9.88. The fourth-order valence-electron chi connectivity index (χ4n) is 4.77. The molecule has 2 aromatic heterocycles. The molecule has 1 aliphatic carbocycles. The number of aliphatic carboxylic acids is 1. The molecule has 4 aromatic rings. The summed E-state index contributed by atoms with van der Waals surface area (Å²) in [5.74, 6) is -0.00681. The van der Waals surface area contributed by atoms with Gasteiger partial charge in [-0.1, -0.05) is 49.6 Å². The zero-order valence-corrected chi connectivity index (χ0v) is 18.5. The second-order valence-electron chi connectivity index (χ2n) is 8.71. The molecule has 0 bridgehead atoms. The highest BCUT2D eigenvalue weighted by Crippen LogP contribution is 2.32. The second-order valence-corrected chi connectivity index (χ2v) is 8.71. The molecule has 168 valence electrons. The molecule has 0 unspecified atom stereocenters. The van der Waals surface area contributed by atoms with Gasteiger partial charge >= 0.3 is 5.97 Å². The van der Waals surface area contributed by atoms with Crippen LogP contribution in [-0.4, -0.2) is 31.5 Å². The number of para-hydroxylation sites is 2. The Kier molecular flexibility index (Phi) is 5.54. The van der Waals surface area contributed by atoms with Gasteiger partial charge in [-0.25, -0.2) is 9.78 Å². The van der Waals surface area contributed by atoms with Gasteiger partial charge in [0.2, 0.25) is 0 Å². The van der Waals surface area contributed by atoms with Crippen molar-refractivity contribution in [1.82, 2.24) is 14.2 Å². The summed E-state index contributed by atoms with van der Waals surface area (Å²) >= 11 is 0. The topological polar surface area (TPSA) is 89.5 Å². The summed E-state index contributed by atoms with van der Waals surface area (Å²) in [5.41, 5.74) is 2.08. The molecule has 1 aliphatic rings. The largest absolute Gasteiger partial charge is 0.480 e. The van der Waals surface area contributed by atoms with Gasteiger partial charge in [-0.15, -0.1) is 0 Å². The molecule has 0 spiro atoms. The van der Waals surface area contributed by atoms with E-state index in [1.807, 2.05) is 42.5 Å². The minimum absolute atomic E-state index is 0.180. The molecular formula is C26H26N4O3. The summed E-state index contributed by atoms with van der Waals surface area (Å²) in [6.07, 6.45) is 8.88. The van der Waals surface area contributed by atoms with Crippen LogP contribution < -0.4 is 5.56 Å². The Morgan fingerprint density at radius 2 is 1.79 bits per heavy atom. The van der Waals surface area contributed by atoms with Crippen molar-refractivity contribution in [2.45, 2.75) is 51.0 Å². The number of aromatic nitrogens is 3. The molecule has 2 heterocycles. The molecule has 0 saturated heterocycles. The molecule has 0 radical (unpaired) electrons. The maximum atomic E-state index is 13.4. The zero-order valence-electron chi connectivity index (χ0n) is 18.5. The van der Waals surface area contributed by atoms with Gasteiger partial charge in [0.1, 0.15) is 11.9 Å². The van der Waals surface area contributed by atoms with Gasteiger partial charge in [0.15, 0.2) is 0 Å². The molecule has 7 nitrogen and oxygen atoms in total. The van der Waals surface area contributed by atoms with Crippen molar-refractivity contribution < 1.29 is 9.90 Å². The maximum absolute atomic E-state index is 13.4. The zero-order chi connectivity index (χ0) is 22.9. The van der Waals surface area contributed by atoms with E-state index < -0.39 is 12.0 Å². The summed E-state index contributed by atoms with van der Waals surface area (Å²) < 4.78 is 3.17. The van der Waals surface area contributed by atoms with Crippen LogP contribution in [0.15, 0.2) is 64.6 Å². The van der Waals surface area contributed by atoms with E-state index in [1.165, 1.54) is 11.1 Å². The summed E-state index contributed by atoms with van der Waals surface area (Å²) in [5, 5.41) is 15.6. The number of hydrogen-bond acceptors (Lipinski definition) is 4. The van der Waals surface area contributed by atoms with Gasteiger partial charge in [0.25, 0.3) is 5.56 Å². The van der Waals surface area contributed by atoms with E-state index in [4.69, 9.17) is 4.98 Å². The van der Waals surface area contributed by atoms with E-state index in [2.05, 4.69) is 5.10 Å². The van der Waals surface area contributed by atoms with Gasteiger partial charge in [-0.3, -0.25) is 4.79 Å². The molecule has 1 atom stereocenters. The number of carboxylic acids is 1. The van der Waals surface area contributed by atoms with Crippen molar-refractivity contribution in [1.29, 1.82) is 0 Å². The monoisotopic (exact) mass is 442 g/mol. The summed E-state index contributed by atoms with van der Waals surface area (Å²) in [4.78, 5) is 29.9. The van der Waals surface area contributed by atoms with Crippen LogP contribution in [-0.2, 0) is 4.79 Å². The molecule has 5 rings (SSSR count). The number of benzene rings is 2. The molecule has 0 amide bonds. The fourth-order valence-corrected chi connectivity index (χ4v) is 4.77. The van der Waals surface area contributed by atoms with Crippen molar-refractivity contribution in [3.8, 4) is 0 Å². The second kappa shape index (κ2) is 8.65. The molecule has 2 aromatic carbocycles. The lowest BCUT2D eigenvalue weighted by molar-refractivity contribution is -0.140. The van der Waals surface area contributed by atoms with E-state index in [0.29, 0.717) is 16.7 Å². The first-order valence-corrected chi connectivity index (χ1v) is 11.4. The van der Waals surface area contributed by atoms with Crippen molar-refractivity contribution in [3.63, 3.8) is 0 Å². The Morgan fingerprint density at radius 3 is 2.55 bits per heavy atom. The van der Waals surface area contributed by atoms with E-state index in [-0.39, 0.29) is 11.5 Å². The van der Waals surface area contributed by atoms with Gasteiger partial charge in [-0.2, -0.15) is 9.78 Å². The summed E-state index contributed by atoms with van der Waals surface area (Å²) in [6.45, 7) is 1.65. The standard InChI is InChI=1S/C26H26N4O3/c1-17(26(32)33)29-16-19(20-11-6-8-14-23(20)29)15-27-30-24(18-9-3-2-4-10-18)28-22-13-7-5-12-21(22)25(30)31/h5-8,11-18H,2-4,9-10H2,1H3,(H,32,33)/t17-/m0/s1. The van der Waals surface area contributed by atoms with Crippen LogP contribution in [0.2, 0.25) is 0 Å². The van der Waals surface area contributed by atoms with Crippen molar-refractivity contribution in [2.24, 2.45) is 5.10 Å². The summed E-state index contributed by atoms with van der Waals surface area (Å²) in [7, 11) is 0. The van der Waals surface area contributed by atoms with Crippen LogP contribution in [0.25, 0.3) is 21.8 Å². The maximum Gasteiger partial charge on any atom is 0.326 e. The Hall–Kier alpha value is -3.74. The highest BCUT2D eigenvalue weighted by Gasteiger charge is 2.23. The number of carbonyl (C=O) groups is 1. The van der Waals surface area contributed by atoms with Gasteiger partial charge in [0, 0.05) is 28.6 Å². The fraction of sp³-hybridized carbons (Fsp3) is 0.308. The number of hydrogen-bond donors (Lipinski definition) is 1. The average molecular weight is 443 g/mol. The van der Waals surface area contributed by atoms with Crippen LogP contribution in [0.4, 0.5) is 0 Å². The lowest BCUT2D eigenvalue weighted by Crippen LogP contribution is -2.25. The first kappa shape index (κ1) is 21.1. The molecule has 0 aliphatic heterocycles. The third kappa shape index (κ3) is 3.84. The number of fused-ring (bicyclic) bond motifs is 2. The third-order valence-corrected chi connectivity index (χ3v) is 6.61. The minimum atomic E-state index is -0.909. The minimum Gasteiger partial charge on any atom is -0.480 e. The SMILES string of the molecule is C[C@@H](C(=O)O)n1cc(C=Nn2c(C3CCCCC3)nc3ccccc3c2=O)c2ccccc21. The first-order chi connectivity index (χ1) is 16.0. The van der Waals surface area contributed by atoms with E-state index in [1.54, 1.807) is 30.0 Å². The normalized spacial score (nSPS) is 16.0. The quantitative estimate of drug-likeness (QED) is 0.444. The third-order valence-electron chi connectivity index (χ3n) is 6.61. The lowest BCUT2D eigenvalue weighted by Gasteiger charge is -2.22. The molecule has 1 fully saturated rings. The molecule has 1 N–H and O–H groups in total. The van der Waals surface area contributed by atoms with Crippen LogP contribution in [0, 0.1) is 0 Å². The van der Waals surface area contributed by atoms with Crippen LogP contribution in [0.3, 0.4) is 0 Å². The molecular weight excluding hydrogens is 416 g/mol.